The summed E-state index contributed by atoms with van der Waals surface area (Å²) < 4.78 is 14.8. The average molecular weight is 339 g/mol. The van der Waals surface area contributed by atoms with Crippen molar-refractivity contribution in [1.29, 1.82) is 0 Å². The second-order valence-electron chi connectivity index (χ2n) is 4.24. The van der Waals surface area contributed by atoms with Crippen LogP contribution in [0.3, 0.4) is 0 Å². The summed E-state index contributed by atoms with van der Waals surface area (Å²) in [5, 5.41) is 13.7. The van der Waals surface area contributed by atoms with Crippen LogP contribution < -0.4 is 5.32 Å². The molecule has 1 N–H and O–H groups in total. The third-order valence-electron chi connectivity index (χ3n) is 2.79. The Morgan fingerprint density at radius 3 is 2.65 bits per heavy atom. The molecule has 2 rings (SSSR count). The Balaban J connectivity index is 2.01. The molecule has 0 unspecified atom stereocenters. The van der Waals surface area contributed by atoms with E-state index in [9.17, 15) is 14.5 Å². The third-order valence-corrected chi connectivity index (χ3v) is 3.28. The van der Waals surface area contributed by atoms with Crippen molar-refractivity contribution >= 4 is 21.6 Å². The molecule has 0 bridgehead atoms. The minimum Gasteiger partial charge on any atom is -0.309 e. The highest BCUT2D eigenvalue weighted by molar-refractivity contribution is 9.10. The van der Waals surface area contributed by atoms with Gasteiger partial charge in [0.2, 0.25) is 5.82 Å². The van der Waals surface area contributed by atoms with Gasteiger partial charge in [-0.15, -0.1) is 0 Å². The summed E-state index contributed by atoms with van der Waals surface area (Å²) in [5.41, 5.74) is 0.839. The maximum atomic E-state index is 13.8. The zero-order valence-corrected chi connectivity index (χ0v) is 12.1. The molecule has 2 aromatic rings. The van der Waals surface area contributed by atoms with Gasteiger partial charge in [-0.25, -0.2) is 0 Å². The van der Waals surface area contributed by atoms with Gasteiger partial charge in [-0.3, -0.25) is 10.1 Å². The predicted molar refractivity (Wildman–Crippen MR) is 77.7 cm³/mol. The Labute approximate surface area is 123 Å². The van der Waals surface area contributed by atoms with Crippen molar-refractivity contribution in [3.8, 4) is 0 Å². The molecular formula is C14H12BrFN2O2. The quantitative estimate of drug-likeness (QED) is 0.666. The second kappa shape index (κ2) is 6.58. The molecule has 0 aromatic heterocycles. The highest BCUT2D eigenvalue weighted by atomic mass is 79.9. The van der Waals surface area contributed by atoms with Crippen LogP contribution in [-0.2, 0) is 13.1 Å². The zero-order chi connectivity index (χ0) is 14.5. The first-order chi connectivity index (χ1) is 9.58. The van der Waals surface area contributed by atoms with E-state index in [1.807, 2.05) is 24.3 Å². The molecule has 20 heavy (non-hydrogen) atoms. The summed E-state index contributed by atoms with van der Waals surface area (Å²) in [5.74, 6) is -0.778. The van der Waals surface area contributed by atoms with Gasteiger partial charge < -0.3 is 5.32 Å². The first-order valence-corrected chi connectivity index (χ1v) is 6.74. The van der Waals surface area contributed by atoms with E-state index >= 15 is 0 Å². The van der Waals surface area contributed by atoms with E-state index in [-0.39, 0.29) is 12.1 Å². The van der Waals surface area contributed by atoms with E-state index < -0.39 is 16.4 Å². The van der Waals surface area contributed by atoms with E-state index in [1.165, 1.54) is 12.1 Å². The molecule has 0 amide bonds. The summed E-state index contributed by atoms with van der Waals surface area (Å²) in [6, 6.07) is 11.9. The molecule has 0 saturated carbocycles. The van der Waals surface area contributed by atoms with Crippen molar-refractivity contribution in [2.24, 2.45) is 0 Å². The molecule has 0 fully saturated rings. The van der Waals surface area contributed by atoms with Gasteiger partial charge >= 0.3 is 5.69 Å². The lowest BCUT2D eigenvalue weighted by atomic mass is 10.1. The Morgan fingerprint density at radius 1 is 1.20 bits per heavy atom. The number of benzene rings is 2. The summed E-state index contributed by atoms with van der Waals surface area (Å²) in [6.45, 7) is 0.793. The fourth-order valence-electron chi connectivity index (χ4n) is 1.83. The van der Waals surface area contributed by atoms with Crippen LogP contribution in [0, 0.1) is 15.9 Å². The number of rotatable bonds is 5. The Morgan fingerprint density at radius 2 is 1.95 bits per heavy atom. The number of halogens is 2. The number of nitro benzene ring substituents is 1. The van der Waals surface area contributed by atoms with Crippen LogP contribution in [0.15, 0.2) is 46.9 Å². The number of hydrogen-bond donors (Lipinski definition) is 1. The van der Waals surface area contributed by atoms with Crippen molar-refractivity contribution in [3.63, 3.8) is 0 Å². The minimum absolute atomic E-state index is 0.236. The molecule has 4 nitrogen and oxygen atoms in total. The fourth-order valence-corrected chi connectivity index (χ4v) is 2.28. The maximum Gasteiger partial charge on any atom is 0.305 e. The molecule has 6 heteroatoms. The molecule has 0 radical (unpaired) electrons. The smallest absolute Gasteiger partial charge is 0.305 e. The fraction of sp³-hybridized carbons (Fsp3) is 0.143. The SMILES string of the molecule is O=[N+]([O-])c1cccc(CNCc2cccc(Br)c2)c1F. The van der Waals surface area contributed by atoms with Gasteiger partial charge in [0, 0.05) is 29.2 Å². The third kappa shape index (κ3) is 3.61. The van der Waals surface area contributed by atoms with Crippen LogP contribution in [-0.4, -0.2) is 4.92 Å². The number of nitro groups is 1. The van der Waals surface area contributed by atoms with E-state index in [2.05, 4.69) is 21.2 Å². The molecule has 0 aliphatic heterocycles. The molecule has 0 aliphatic rings. The lowest BCUT2D eigenvalue weighted by Gasteiger charge is -2.06. The van der Waals surface area contributed by atoms with Gasteiger partial charge in [-0.2, -0.15) is 4.39 Å². The normalized spacial score (nSPS) is 10.5. The van der Waals surface area contributed by atoms with Crippen LogP contribution in [0.2, 0.25) is 0 Å². The van der Waals surface area contributed by atoms with Gasteiger partial charge in [-0.1, -0.05) is 40.2 Å². The maximum absolute atomic E-state index is 13.8. The Hall–Kier alpha value is -1.79. The summed E-state index contributed by atoms with van der Waals surface area (Å²) in [4.78, 5) is 9.93. The average Bonchev–Trinajstić information content (AvgIpc) is 2.40. The molecule has 0 heterocycles. The standard InChI is InChI=1S/C14H12BrFN2O2/c15-12-5-1-3-10(7-12)8-17-9-11-4-2-6-13(14(11)16)18(19)20/h1-7,17H,8-9H2. The molecule has 104 valence electrons. The number of hydrogen-bond acceptors (Lipinski definition) is 3. The lowest BCUT2D eigenvalue weighted by molar-refractivity contribution is -0.387. The van der Waals surface area contributed by atoms with Crippen molar-refractivity contribution in [2.75, 3.05) is 0 Å². The van der Waals surface area contributed by atoms with Crippen molar-refractivity contribution in [2.45, 2.75) is 13.1 Å². The molecule has 0 saturated heterocycles. The number of nitrogens with one attached hydrogen (secondary N) is 1. The van der Waals surface area contributed by atoms with Gasteiger partial charge in [0.1, 0.15) is 0 Å². The van der Waals surface area contributed by atoms with Crippen LogP contribution >= 0.6 is 15.9 Å². The minimum atomic E-state index is -0.778. The monoisotopic (exact) mass is 338 g/mol. The van der Waals surface area contributed by atoms with Crippen LogP contribution in [0.25, 0.3) is 0 Å². The van der Waals surface area contributed by atoms with Gasteiger partial charge in [0.25, 0.3) is 0 Å². The summed E-state index contributed by atoms with van der Waals surface area (Å²) in [7, 11) is 0. The van der Waals surface area contributed by atoms with Gasteiger partial charge in [0.15, 0.2) is 0 Å². The molecule has 0 aliphatic carbocycles. The van der Waals surface area contributed by atoms with Crippen LogP contribution in [0.5, 0.6) is 0 Å². The topological polar surface area (TPSA) is 55.2 Å². The highest BCUT2D eigenvalue weighted by Crippen LogP contribution is 2.20. The second-order valence-corrected chi connectivity index (χ2v) is 5.16. The van der Waals surface area contributed by atoms with Crippen LogP contribution in [0.1, 0.15) is 11.1 Å². The summed E-state index contributed by atoms with van der Waals surface area (Å²) in [6.07, 6.45) is 0. The van der Waals surface area contributed by atoms with Crippen molar-refractivity contribution in [3.05, 3.63) is 74.0 Å². The highest BCUT2D eigenvalue weighted by Gasteiger charge is 2.16. The van der Waals surface area contributed by atoms with E-state index in [4.69, 9.17) is 0 Å². The van der Waals surface area contributed by atoms with Crippen molar-refractivity contribution < 1.29 is 9.31 Å². The molecule has 0 atom stereocenters. The Kier molecular flexibility index (Phi) is 4.81. The lowest BCUT2D eigenvalue weighted by Crippen LogP contribution is -2.14. The summed E-state index contributed by atoms with van der Waals surface area (Å²) >= 11 is 3.37. The van der Waals surface area contributed by atoms with Crippen molar-refractivity contribution in [1.82, 2.24) is 5.32 Å². The van der Waals surface area contributed by atoms with E-state index in [0.29, 0.717) is 6.54 Å². The van der Waals surface area contributed by atoms with E-state index in [0.717, 1.165) is 16.1 Å². The Bertz CT molecular complexity index is 634. The van der Waals surface area contributed by atoms with Crippen LogP contribution in [0.4, 0.5) is 10.1 Å². The van der Waals surface area contributed by atoms with Gasteiger partial charge in [-0.05, 0) is 17.7 Å². The first-order valence-electron chi connectivity index (χ1n) is 5.95. The molecule has 0 spiro atoms. The predicted octanol–water partition coefficient (Wildman–Crippen LogP) is 3.79. The molecular weight excluding hydrogens is 327 g/mol. The largest absolute Gasteiger partial charge is 0.309 e. The number of nitrogens with zero attached hydrogens (tertiary/aromatic N) is 1. The first kappa shape index (κ1) is 14.6. The van der Waals surface area contributed by atoms with Gasteiger partial charge in [0.05, 0.1) is 4.92 Å². The molecule has 2 aromatic carbocycles. The zero-order valence-electron chi connectivity index (χ0n) is 10.5. The van der Waals surface area contributed by atoms with E-state index in [1.54, 1.807) is 0 Å².